The lowest BCUT2D eigenvalue weighted by Gasteiger charge is -2.34. The zero-order chi connectivity index (χ0) is 19.7. The number of pyridine rings is 1. The summed E-state index contributed by atoms with van der Waals surface area (Å²) in [5, 5.41) is 3.16. The molecule has 0 atom stereocenters. The average molecular weight is 398 g/mol. The third-order valence-electron chi connectivity index (χ3n) is 4.85. The number of rotatable bonds is 5. The molecule has 0 bridgehead atoms. The summed E-state index contributed by atoms with van der Waals surface area (Å²) in [5.41, 5.74) is 5.38. The molecule has 0 spiro atoms. The van der Waals surface area contributed by atoms with E-state index >= 15 is 0 Å². The summed E-state index contributed by atoms with van der Waals surface area (Å²) in [6, 6.07) is 10.5. The van der Waals surface area contributed by atoms with Crippen LogP contribution < -0.4 is 21.5 Å². The Bertz CT molecular complexity index is 1080. The molecule has 2 aliphatic rings. The highest BCUT2D eigenvalue weighted by Gasteiger charge is 2.32. The highest BCUT2D eigenvalue weighted by molar-refractivity contribution is 7.90. The number of nitrogens with two attached hydrogens (primary N) is 1. The van der Waals surface area contributed by atoms with Crippen molar-refractivity contribution in [3.63, 3.8) is 0 Å². The molecule has 1 aromatic heterocycles. The van der Waals surface area contributed by atoms with Crippen LogP contribution >= 0.6 is 0 Å². The molecule has 0 unspecified atom stereocenters. The van der Waals surface area contributed by atoms with Crippen LogP contribution in [0.5, 0.6) is 0 Å². The largest absolute Gasteiger partial charge is 0.352 e. The van der Waals surface area contributed by atoms with E-state index in [9.17, 15) is 8.42 Å². The SMILES string of the molecule is CCCCN1CC(C2=NS(=O)(=O)c3ccccc3N2)=C(NN)c2cccnc21. The van der Waals surface area contributed by atoms with Crippen LogP contribution in [-0.4, -0.2) is 32.3 Å². The monoisotopic (exact) mass is 398 g/mol. The van der Waals surface area contributed by atoms with E-state index in [1.165, 1.54) is 0 Å². The number of fused-ring (bicyclic) bond motifs is 2. The Kier molecular flexibility index (Phi) is 4.78. The normalized spacial score (nSPS) is 17.4. The standard InChI is InChI=1S/C19H22N6O2S/c1-2-3-11-25-12-14(17(23-20)13-7-6-10-21-19(13)25)18-22-15-8-4-5-9-16(15)28(26,27)24-18/h4-10,23H,2-3,11-12,20H2,1H3,(H,22,24). The third kappa shape index (κ3) is 3.12. The second-order valence-electron chi connectivity index (χ2n) is 6.68. The molecule has 0 saturated carbocycles. The van der Waals surface area contributed by atoms with Crippen molar-refractivity contribution in [2.45, 2.75) is 24.7 Å². The summed E-state index contributed by atoms with van der Waals surface area (Å²) in [7, 11) is -3.80. The van der Waals surface area contributed by atoms with Crippen molar-refractivity contribution in [2.24, 2.45) is 10.2 Å². The van der Waals surface area contributed by atoms with Crippen molar-refractivity contribution in [2.75, 3.05) is 23.3 Å². The number of hydrogen-bond donors (Lipinski definition) is 3. The number of nitrogens with zero attached hydrogens (tertiary/aromatic N) is 3. The van der Waals surface area contributed by atoms with Crippen LogP contribution in [0.4, 0.5) is 11.5 Å². The number of para-hydroxylation sites is 1. The van der Waals surface area contributed by atoms with Gasteiger partial charge in [0.15, 0.2) is 5.84 Å². The van der Waals surface area contributed by atoms with Gasteiger partial charge >= 0.3 is 0 Å². The van der Waals surface area contributed by atoms with Crippen LogP contribution in [0.25, 0.3) is 5.70 Å². The van der Waals surface area contributed by atoms with Crippen LogP contribution in [0, 0.1) is 0 Å². The lowest BCUT2D eigenvalue weighted by atomic mass is 10.0. The van der Waals surface area contributed by atoms with Crippen LogP contribution in [-0.2, 0) is 10.0 Å². The zero-order valence-corrected chi connectivity index (χ0v) is 16.3. The smallest absolute Gasteiger partial charge is 0.286 e. The fourth-order valence-corrected chi connectivity index (χ4v) is 4.63. The second-order valence-corrected chi connectivity index (χ2v) is 8.26. The Balaban J connectivity index is 1.84. The number of amidine groups is 1. The van der Waals surface area contributed by atoms with Crippen molar-refractivity contribution in [1.82, 2.24) is 10.4 Å². The van der Waals surface area contributed by atoms with Gasteiger partial charge in [0.05, 0.1) is 17.9 Å². The predicted molar refractivity (Wildman–Crippen MR) is 110 cm³/mol. The Labute approximate surface area is 164 Å². The molecule has 9 heteroatoms. The average Bonchev–Trinajstić information content (AvgIpc) is 2.71. The molecule has 2 aromatic rings. The Morgan fingerprint density at radius 3 is 2.86 bits per heavy atom. The van der Waals surface area contributed by atoms with E-state index in [4.69, 9.17) is 5.84 Å². The summed E-state index contributed by atoms with van der Waals surface area (Å²) >= 11 is 0. The maximum atomic E-state index is 12.7. The molecule has 0 fully saturated rings. The first-order valence-electron chi connectivity index (χ1n) is 9.16. The Morgan fingerprint density at radius 2 is 2.07 bits per heavy atom. The molecule has 146 valence electrons. The molecule has 0 amide bonds. The summed E-state index contributed by atoms with van der Waals surface area (Å²) in [4.78, 5) is 6.81. The predicted octanol–water partition coefficient (Wildman–Crippen LogP) is 2.09. The molecule has 2 aliphatic heterocycles. The highest BCUT2D eigenvalue weighted by Crippen LogP contribution is 2.35. The summed E-state index contributed by atoms with van der Waals surface area (Å²) in [6.45, 7) is 3.38. The van der Waals surface area contributed by atoms with Crippen molar-refractivity contribution < 1.29 is 8.42 Å². The molecule has 0 aliphatic carbocycles. The molecule has 0 radical (unpaired) electrons. The second kappa shape index (κ2) is 7.25. The van der Waals surface area contributed by atoms with Gasteiger partial charge in [0.1, 0.15) is 10.7 Å². The van der Waals surface area contributed by atoms with Gasteiger partial charge in [0.2, 0.25) is 0 Å². The van der Waals surface area contributed by atoms with E-state index in [1.54, 1.807) is 30.5 Å². The number of anilines is 2. The molecule has 0 saturated heterocycles. The number of sulfonamides is 1. The zero-order valence-electron chi connectivity index (χ0n) is 15.5. The minimum Gasteiger partial charge on any atom is -0.352 e. The summed E-state index contributed by atoms with van der Waals surface area (Å²) < 4.78 is 29.4. The summed E-state index contributed by atoms with van der Waals surface area (Å²) in [6.07, 6.45) is 3.78. The van der Waals surface area contributed by atoms with E-state index in [-0.39, 0.29) is 10.7 Å². The molecular weight excluding hydrogens is 376 g/mol. The van der Waals surface area contributed by atoms with Gasteiger partial charge in [-0.25, -0.2) is 4.98 Å². The van der Waals surface area contributed by atoms with Gasteiger partial charge in [0, 0.05) is 23.9 Å². The highest BCUT2D eigenvalue weighted by atomic mass is 32.2. The van der Waals surface area contributed by atoms with E-state index in [2.05, 4.69) is 31.9 Å². The van der Waals surface area contributed by atoms with Crippen molar-refractivity contribution >= 4 is 33.1 Å². The minimum absolute atomic E-state index is 0.169. The van der Waals surface area contributed by atoms with Crippen LogP contribution in [0.2, 0.25) is 0 Å². The number of benzene rings is 1. The van der Waals surface area contributed by atoms with E-state index in [1.807, 2.05) is 12.1 Å². The van der Waals surface area contributed by atoms with Crippen LogP contribution in [0.3, 0.4) is 0 Å². The number of nitrogens with one attached hydrogen (secondary N) is 2. The molecule has 28 heavy (non-hydrogen) atoms. The van der Waals surface area contributed by atoms with E-state index in [0.29, 0.717) is 23.5 Å². The van der Waals surface area contributed by atoms with Gasteiger partial charge in [0.25, 0.3) is 10.0 Å². The Morgan fingerprint density at radius 1 is 1.25 bits per heavy atom. The van der Waals surface area contributed by atoms with Crippen molar-refractivity contribution in [1.29, 1.82) is 0 Å². The van der Waals surface area contributed by atoms with Crippen molar-refractivity contribution in [3.8, 4) is 0 Å². The van der Waals surface area contributed by atoms with Crippen LogP contribution in [0.1, 0.15) is 25.3 Å². The first-order chi connectivity index (χ1) is 13.5. The Hall–Kier alpha value is -2.91. The maximum absolute atomic E-state index is 12.7. The number of aromatic nitrogens is 1. The molecule has 4 N–H and O–H groups in total. The van der Waals surface area contributed by atoms with Crippen LogP contribution in [0.15, 0.2) is 57.5 Å². The fraction of sp³-hybridized carbons (Fsp3) is 0.263. The fourth-order valence-electron chi connectivity index (χ4n) is 3.49. The van der Waals surface area contributed by atoms with Gasteiger partial charge in [-0.2, -0.15) is 8.42 Å². The van der Waals surface area contributed by atoms with E-state index in [0.717, 1.165) is 30.8 Å². The van der Waals surface area contributed by atoms with E-state index < -0.39 is 10.0 Å². The molecule has 8 nitrogen and oxygen atoms in total. The maximum Gasteiger partial charge on any atom is 0.286 e. The molecule has 1 aromatic carbocycles. The lowest BCUT2D eigenvalue weighted by Crippen LogP contribution is -2.40. The molecular formula is C19H22N6O2S. The van der Waals surface area contributed by atoms with Gasteiger partial charge in [-0.05, 0) is 30.7 Å². The number of hydrazine groups is 1. The third-order valence-corrected chi connectivity index (χ3v) is 6.18. The van der Waals surface area contributed by atoms with Gasteiger partial charge in [-0.3, -0.25) is 5.84 Å². The van der Waals surface area contributed by atoms with Crippen molar-refractivity contribution in [3.05, 3.63) is 53.7 Å². The number of unbranched alkanes of at least 4 members (excludes halogenated alkanes) is 1. The molecule has 3 heterocycles. The summed E-state index contributed by atoms with van der Waals surface area (Å²) in [5.74, 6) is 6.94. The topological polar surface area (TPSA) is 113 Å². The van der Waals surface area contributed by atoms with Gasteiger partial charge in [-0.15, -0.1) is 4.40 Å². The number of hydrogen-bond acceptors (Lipinski definition) is 7. The first-order valence-corrected chi connectivity index (χ1v) is 10.6. The lowest BCUT2D eigenvalue weighted by molar-refractivity contribution is 0.597. The first kappa shape index (κ1) is 18.5. The minimum atomic E-state index is -3.80. The van der Waals surface area contributed by atoms with Gasteiger partial charge < -0.3 is 15.6 Å². The quantitative estimate of drug-likeness (QED) is 0.522. The van der Waals surface area contributed by atoms with Gasteiger partial charge in [-0.1, -0.05) is 25.5 Å². The molecule has 4 rings (SSSR count).